The molecule has 5 heteroatoms. The molecule has 0 saturated carbocycles. The van der Waals surface area contributed by atoms with Crippen LogP contribution in [0, 0.1) is 5.92 Å². The van der Waals surface area contributed by atoms with Crippen LogP contribution in [0.25, 0.3) is 0 Å². The molecule has 0 heterocycles. The van der Waals surface area contributed by atoms with Gasteiger partial charge in [0.05, 0.1) is 6.61 Å². The average Bonchev–Trinajstić information content (AvgIpc) is 2.75. The molecule has 0 aliphatic heterocycles. The van der Waals surface area contributed by atoms with E-state index in [0.717, 1.165) is 19.3 Å². The van der Waals surface area contributed by atoms with Crippen molar-refractivity contribution in [3.05, 3.63) is 12.2 Å². The summed E-state index contributed by atoms with van der Waals surface area (Å²) in [6.45, 7) is 4.52. The first-order chi connectivity index (χ1) is 15.5. The zero-order chi connectivity index (χ0) is 23.8. The van der Waals surface area contributed by atoms with E-state index in [9.17, 15) is 8.42 Å². The molecule has 1 N–H and O–H groups in total. The van der Waals surface area contributed by atoms with Crippen molar-refractivity contribution < 1.29 is 17.2 Å². The molecule has 0 fully saturated rings. The van der Waals surface area contributed by atoms with E-state index in [-0.39, 0.29) is 12.5 Å². The van der Waals surface area contributed by atoms with E-state index in [0.29, 0.717) is 0 Å². The maximum atomic E-state index is 10.9. The van der Waals surface area contributed by atoms with Gasteiger partial charge in [0.25, 0.3) is 0 Å². The molecule has 0 aromatic rings. The molecule has 192 valence electrons. The fourth-order valence-electron chi connectivity index (χ4n) is 4.16. The lowest BCUT2D eigenvalue weighted by Gasteiger charge is -2.12. The van der Waals surface area contributed by atoms with Crippen molar-refractivity contribution in [2.75, 3.05) is 6.61 Å². The van der Waals surface area contributed by atoms with Gasteiger partial charge in [-0.05, 0) is 19.3 Å². The van der Waals surface area contributed by atoms with Gasteiger partial charge in [-0.3, -0.25) is 4.55 Å². The van der Waals surface area contributed by atoms with Crippen molar-refractivity contribution in [3.63, 3.8) is 0 Å². The minimum absolute atomic E-state index is 0.0445. The van der Waals surface area contributed by atoms with Crippen molar-refractivity contribution >= 4 is 10.4 Å². The Bertz CT molecular complexity index is 502. The molecule has 0 aromatic heterocycles. The first-order valence-electron chi connectivity index (χ1n) is 13.8. The number of hydrogen-bond donors (Lipinski definition) is 1. The highest BCUT2D eigenvalue weighted by molar-refractivity contribution is 7.80. The summed E-state index contributed by atoms with van der Waals surface area (Å²) in [5, 5.41) is 0. The standard InChI is InChI=1S/C27H54O4S/c1-3-5-7-9-11-12-13-14-15-16-17-18-19-21-23-25-27(26-31-32(28,29)30)24-22-20-10-8-6-4-2/h22,24,27H,3-21,23,25-26H2,1-2H3,(H,28,29,30)/b24-22+. The Balaban J connectivity index is 3.71. The summed E-state index contributed by atoms with van der Waals surface area (Å²) in [6.07, 6.45) is 31.2. The molecule has 0 aromatic carbocycles. The highest BCUT2D eigenvalue weighted by Crippen LogP contribution is 2.17. The Labute approximate surface area is 200 Å². The summed E-state index contributed by atoms with van der Waals surface area (Å²) in [7, 11) is -4.36. The third kappa shape index (κ3) is 25.9. The minimum Gasteiger partial charge on any atom is -0.264 e. The van der Waals surface area contributed by atoms with E-state index in [1.165, 1.54) is 116 Å². The van der Waals surface area contributed by atoms with Crippen molar-refractivity contribution in [3.8, 4) is 0 Å². The molecule has 0 spiro atoms. The predicted molar refractivity (Wildman–Crippen MR) is 138 cm³/mol. The average molecular weight is 475 g/mol. The first-order valence-corrected chi connectivity index (χ1v) is 15.1. The topological polar surface area (TPSA) is 63.6 Å². The lowest BCUT2D eigenvalue weighted by Crippen LogP contribution is -2.12. The second-order valence-electron chi connectivity index (χ2n) is 9.49. The molecular weight excluding hydrogens is 420 g/mol. The van der Waals surface area contributed by atoms with Crippen molar-refractivity contribution in [2.45, 2.75) is 149 Å². The van der Waals surface area contributed by atoms with Crippen molar-refractivity contribution in [2.24, 2.45) is 5.92 Å². The third-order valence-electron chi connectivity index (χ3n) is 6.24. The highest BCUT2D eigenvalue weighted by Gasteiger charge is 2.11. The lowest BCUT2D eigenvalue weighted by molar-refractivity contribution is 0.234. The molecule has 0 bridgehead atoms. The van der Waals surface area contributed by atoms with Crippen LogP contribution >= 0.6 is 0 Å². The highest BCUT2D eigenvalue weighted by atomic mass is 32.3. The fourth-order valence-corrected chi connectivity index (χ4v) is 4.51. The van der Waals surface area contributed by atoms with Gasteiger partial charge in [-0.2, -0.15) is 8.42 Å². The Kier molecular flexibility index (Phi) is 23.5. The molecule has 0 amide bonds. The smallest absolute Gasteiger partial charge is 0.264 e. The van der Waals surface area contributed by atoms with Gasteiger partial charge in [0.15, 0.2) is 0 Å². The van der Waals surface area contributed by atoms with E-state index < -0.39 is 10.4 Å². The van der Waals surface area contributed by atoms with Crippen LogP contribution in [-0.4, -0.2) is 19.6 Å². The van der Waals surface area contributed by atoms with Crippen LogP contribution in [0.1, 0.15) is 149 Å². The number of allylic oxidation sites excluding steroid dienone is 1. The van der Waals surface area contributed by atoms with Crippen molar-refractivity contribution in [1.29, 1.82) is 0 Å². The number of unbranched alkanes of at least 4 members (excludes halogenated alkanes) is 18. The monoisotopic (exact) mass is 474 g/mol. The largest absolute Gasteiger partial charge is 0.397 e. The molecular formula is C27H54O4S. The summed E-state index contributed by atoms with van der Waals surface area (Å²) in [5.41, 5.74) is 0. The second-order valence-corrected chi connectivity index (χ2v) is 10.6. The Hall–Kier alpha value is -0.390. The maximum absolute atomic E-state index is 10.9. The molecule has 1 unspecified atom stereocenters. The van der Waals surface area contributed by atoms with Crippen LogP contribution in [0.4, 0.5) is 0 Å². The van der Waals surface area contributed by atoms with Crippen LogP contribution in [0.15, 0.2) is 12.2 Å². The van der Waals surface area contributed by atoms with Crippen LogP contribution in [-0.2, 0) is 14.6 Å². The van der Waals surface area contributed by atoms with E-state index in [2.05, 4.69) is 30.2 Å². The lowest BCUT2D eigenvalue weighted by atomic mass is 9.99. The molecule has 0 aliphatic rings. The SMILES string of the molecule is CCCCCC/C=C/C(CCCCCCCCCCCCCCCCC)COS(=O)(=O)O. The van der Waals surface area contributed by atoms with Gasteiger partial charge in [0.1, 0.15) is 0 Å². The normalized spacial score (nSPS) is 13.2. The molecule has 0 aliphatic carbocycles. The first kappa shape index (κ1) is 31.6. The number of rotatable bonds is 25. The van der Waals surface area contributed by atoms with Gasteiger partial charge < -0.3 is 0 Å². The fraction of sp³-hybridized carbons (Fsp3) is 0.926. The molecule has 32 heavy (non-hydrogen) atoms. The Morgan fingerprint density at radius 2 is 1.06 bits per heavy atom. The zero-order valence-corrected chi connectivity index (χ0v) is 22.2. The van der Waals surface area contributed by atoms with Crippen LogP contribution < -0.4 is 0 Å². The van der Waals surface area contributed by atoms with E-state index >= 15 is 0 Å². The molecule has 0 radical (unpaired) electrons. The predicted octanol–water partition coefficient (Wildman–Crippen LogP) is 9.21. The number of hydrogen-bond acceptors (Lipinski definition) is 3. The van der Waals surface area contributed by atoms with Gasteiger partial charge >= 0.3 is 10.4 Å². The molecule has 4 nitrogen and oxygen atoms in total. The van der Waals surface area contributed by atoms with Gasteiger partial charge in [-0.25, -0.2) is 4.18 Å². The summed E-state index contributed by atoms with van der Waals surface area (Å²) in [6, 6.07) is 0. The van der Waals surface area contributed by atoms with Gasteiger partial charge in [0, 0.05) is 5.92 Å². The van der Waals surface area contributed by atoms with Crippen LogP contribution in [0.3, 0.4) is 0 Å². The Morgan fingerprint density at radius 3 is 1.50 bits per heavy atom. The molecule has 0 rings (SSSR count). The van der Waals surface area contributed by atoms with Crippen molar-refractivity contribution in [1.82, 2.24) is 0 Å². The summed E-state index contributed by atoms with van der Waals surface area (Å²) in [5.74, 6) is 0.0603. The van der Waals surface area contributed by atoms with Gasteiger partial charge in [-0.15, -0.1) is 0 Å². The van der Waals surface area contributed by atoms with Crippen LogP contribution in [0.2, 0.25) is 0 Å². The van der Waals surface area contributed by atoms with Crippen LogP contribution in [0.5, 0.6) is 0 Å². The summed E-state index contributed by atoms with van der Waals surface area (Å²) in [4.78, 5) is 0. The van der Waals surface area contributed by atoms with Gasteiger partial charge in [-0.1, -0.05) is 142 Å². The molecule has 0 saturated heterocycles. The van der Waals surface area contributed by atoms with Gasteiger partial charge in [0.2, 0.25) is 0 Å². The van der Waals surface area contributed by atoms with E-state index in [4.69, 9.17) is 4.55 Å². The third-order valence-corrected chi connectivity index (χ3v) is 6.68. The second kappa shape index (κ2) is 23.8. The maximum Gasteiger partial charge on any atom is 0.397 e. The zero-order valence-electron chi connectivity index (χ0n) is 21.4. The Morgan fingerprint density at radius 1 is 0.656 bits per heavy atom. The quantitative estimate of drug-likeness (QED) is 0.0813. The van der Waals surface area contributed by atoms with E-state index in [1.807, 2.05) is 0 Å². The minimum atomic E-state index is -4.36. The van der Waals surface area contributed by atoms with E-state index in [1.54, 1.807) is 0 Å². The summed E-state index contributed by atoms with van der Waals surface area (Å²) < 4.78 is 35.3. The molecule has 1 atom stereocenters. The summed E-state index contributed by atoms with van der Waals surface area (Å²) >= 11 is 0.